The molecule has 1 aliphatic rings. The molecule has 1 amide bonds. The van der Waals surface area contributed by atoms with E-state index in [0.29, 0.717) is 29.7 Å². The highest BCUT2D eigenvalue weighted by atomic mass is 32.2. The molecule has 1 saturated heterocycles. The summed E-state index contributed by atoms with van der Waals surface area (Å²) < 4.78 is 26.6. The van der Waals surface area contributed by atoms with Gasteiger partial charge in [-0.15, -0.1) is 0 Å². The van der Waals surface area contributed by atoms with E-state index in [2.05, 4.69) is 10.3 Å². The van der Waals surface area contributed by atoms with E-state index in [0.717, 1.165) is 11.1 Å². The number of benzene rings is 1. The van der Waals surface area contributed by atoms with Gasteiger partial charge in [0.15, 0.2) is 15.5 Å². The van der Waals surface area contributed by atoms with Crippen LogP contribution in [-0.4, -0.2) is 45.8 Å². The van der Waals surface area contributed by atoms with E-state index in [9.17, 15) is 18.0 Å². The molecule has 9 heteroatoms. The number of pyridine rings is 1. The van der Waals surface area contributed by atoms with E-state index in [1.807, 2.05) is 28.8 Å². The lowest BCUT2D eigenvalue weighted by molar-refractivity contribution is 0.0941. The van der Waals surface area contributed by atoms with Crippen LogP contribution in [0.3, 0.4) is 0 Å². The van der Waals surface area contributed by atoms with Crippen LogP contribution in [-0.2, 0) is 16.4 Å². The van der Waals surface area contributed by atoms with Crippen LogP contribution in [0.4, 0.5) is 0 Å². The van der Waals surface area contributed by atoms with Gasteiger partial charge in [-0.1, -0.05) is 12.1 Å². The molecule has 0 bridgehead atoms. The quantitative estimate of drug-likeness (QED) is 0.524. The lowest BCUT2D eigenvalue weighted by Gasteiger charge is -2.13. The van der Waals surface area contributed by atoms with Crippen LogP contribution < -0.4 is 10.9 Å². The van der Waals surface area contributed by atoms with Crippen LogP contribution in [0, 0.1) is 0 Å². The normalized spacial score (nSPS) is 17.9. The van der Waals surface area contributed by atoms with Crippen molar-refractivity contribution in [2.45, 2.75) is 19.0 Å². The fourth-order valence-electron chi connectivity index (χ4n) is 4.05. The maximum Gasteiger partial charge on any atom is 0.276 e. The smallest absolute Gasteiger partial charge is 0.276 e. The summed E-state index contributed by atoms with van der Waals surface area (Å²) in [6.45, 7) is 0.316. The Morgan fingerprint density at radius 1 is 1.10 bits per heavy atom. The molecule has 158 valence electrons. The Morgan fingerprint density at radius 3 is 2.61 bits per heavy atom. The van der Waals surface area contributed by atoms with Crippen molar-refractivity contribution < 1.29 is 13.2 Å². The van der Waals surface area contributed by atoms with Crippen LogP contribution in [0.5, 0.6) is 0 Å². The minimum absolute atomic E-state index is 0.0119. The number of rotatable bonds is 4. The van der Waals surface area contributed by atoms with E-state index in [1.54, 1.807) is 41.1 Å². The minimum atomic E-state index is -3.05. The maximum atomic E-state index is 13.0. The van der Waals surface area contributed by atoms with Gasteiger partial charge in [-0.25, -0.2) is 13.4 Å². The maximum absolute atomic E-state index is 13.0. The van der Waals surface area contributed by atoms with E-state index < -0.39 is 9.84 Å². The molecule has 0 unspecified atom stereocenters. The highest BCUT2D eigenvalue weighted by molar-refractivity contribution is 7.91. The summed E-state index contributed by atoms with van der Waals surface area (Å²) in [4.78, 5) is 29.9. The van der Waals surface area contributed by atoms with Gasteiger partial charge in [0.25, 0.3) is 11.5 Å². The number of sulfone groups is 1. The number of carbonyl (C=O) groups is 1. The van der Waals surface area contributed by atoms with Crippen molar-refractivity contribution in [2.24, 2.45) is 0 Å². The predicted molar refractivity (Wildman–Crippen MR) is 117 cm³/mol. The molecular formula is C22H20N4O4S. The molecular weight excluding hydrogens is 416 g/mol. The van der Waals surface area contributed by atoms with Crippen LogP contribution in [0.25, 0.3) is 16.7 Å². The van der Waals surface area contributed by atoms with E-state index in [4.69, 9.17) is 0 Å². The molecule has 1 aromatic carbocycles. The number of nitrogens with zero attached hydrogens (tertiary/aromatic N) is 3. The monoisotopic (exact) mass is 436 g/mol. The van der Waals surface area contributed by atoms with Gasteiger partial charge < -0.3 is 9.72 Å². The van der Waals surface area contributed by atoms with E-state index in [-0.39, 0.29) is 29.0 Å². The van der Waals surface area contributed by atoms with Gasteiger partial charge in [0.1, 0.15) is 5.52 Å². The zero-order valence-electron chi connectivity index (χ0n) is 16.6. The molecule has 1 N–H and O–H groups in total. The highest BCUT2D eigenvalue weighted by Gasteiger charge is 2.29. The van der Waals surface area contributed by atoms with Crippen LogP contribution in [0.1, 0.15) is 22.3 Å². The van der Waals surface area contributed by atoms with Crippen LogP contribution in [0.15, 0.2) is 65.7 Å². The number of amides is 1. The molecule has 4 aromatic rings. The van der Waals surface area contributed by atoms with Gasteiger partial charge in [-0.2, -0.15) is 0 Å². The van der Waals surface area contributed by atoms with Gasteiger partial charge in [0.2, 0.25) is 0 Å². The standard InChI is InChI=1S/C22H20N4O4S/c27-21(24-17-9-12-31(29,30)14-17)16-7-5-15(6-8-16)13-26-20-18(3-1-10-23-20)25-11-2-4-19(25)22(26)28/h1-8,10-11,17H,9,12-14H2,(H,24,27)/t17-/m1/s1. The fraction of sp³-hybridized carbons (Fsp3) is 0.227. The molecule has 1 atom stereocenters. The van der Waals surface area contributed by atoms with Crippen molar-refractivity contribution in [3.05, 3.63) is 82.4 Å². The third kappa shape index (κ3) is 3.61. The largest absolute Gasteiger partial charge is 0.348 e. The second-order valence-electron chi connectivity index (χ2n) is 7.77. The Hall–Kier alpha value is -3.46. The molecule has 0 spiro atoms. The molecule has 0 aliphatic carbocycles. The summed E-state index contributed by atoms with van der Waals surface area (Å²) >= 11 is 0. The average Bonchev–Trinajstić information content (AvgIpc) is 3.38. The lowest BCUT2D eigenvalue weighted by Crippen LogP contribution is -2.35. The van der Waals surface area contributed by atoms with Crippen LogP contribution in [0.2, 0.25) is 0 Å². The molecule has 31 heavy (non-hydrogen) atoms. The SMILES string of the molecule is O=C(N[C@@H]1CCS(=O)(=O)C1)c1ccc(Cn2c(=O)c3cccn3c3cccnc32)cc1. The van der Waals surface area contributed by atoms with E-state index in [1.165, 1.54) is 0 Å². The fourth-order valence-corrected chi connectivity index (χ4v) is 5.73. The topological polar surface area (TPSA) is 103 Å². The first-order chi connectivity index (χ1) is 14.9. The first-order valence-electron chi connectivity index (χ1n) is 9.96. The van der Waals surface area contributed by atoms with Crippen molar-refractivity contribution in [3.8, 4) is 0 Å². The van der Waals surface area contributed by atoms with Gasteiger partial charge in [0.05, 0.1) is 23.6 Å². The summed E-state index contributed by atoms with van der Waals surface area (Å²) in [5.41, 5.74) is 3.16. The summed E-state index contributed by atoms with van der Waals surface area (Å²) in [7, 11) is -3.05. The third-order valence-corrected chi connectivity index (χ3v) is 7.39. The number of aromatic nitrogens is 3. The Kier molecular flexibility index (Phi) is 4.62. The summed E-state index contributed by atoms with van der Waals surface area (Å²) in [6, 6.07) is 14.0. The number of fused-ring (bicyclic) bond motifs is 3. The molecule has 1 fully saturated rings. The molecule has 0 saturated carbocycles. The Labute approximate surface area is 178 Å². The second-order valence-corrected chi connectivity index (χ2v) is 10.00. The Morgan fingerprint density at radius 2 is 1.87 bits per heavy atom. The first kappa shape index (κ1) is 19.5. The zero-order valence-corrected chi connectivity index (χ0v) is 17.4. The molecule has 8 nitrogen and oxygen atoms in total. The van der Waals surface area contributed by atoms with Gasteiger partial charge in [-0.05, 0) is 48.4 Å². The van der Waals surface area contributed by atoms with Gasteiger partial charge >= 0.3 is 0 Å². The third-order valence-electron chi connectivity index (χ3n) is 5.62. The summed E-state index contributed by atoms with van der Waals surface area (Å²) in [6.07, 6.45) is 3.94. The molecule has 3 aromatic heterocycles. The molecule has 4 heterocycles. The van der Waals surface area contributed by atoms with Crippen molar-refractivity contribution >= 4 is 32.4 Å². The number of nitrogens with one attached hydrogen (secondary N) is 1. The Bertz CT molecular complexity index is 1470. The summed E-state index contributed by atoms with van der Waals surface area (Å²) in [5.74, 6) is -0.200. The van der Waals surface area contributed by atoms with Crippen molar-refractivity contribution in [2.75, 3.05) is 11.5 Å². The zero-order chi connectivity index (χ0) is 21.6. The van der Waals surface area contributed by atoms with E-state index >= 15 is 0 Å². The predicted octanol–water partition coefficient (Wildman–Crippen LogP) is 1.61. The van der Waals surface area contributed by atoms with Gasteiger partial charge in [0, 0.05) is 24.0 Å². The highest BCUT2D eigenvalue weighted by Crippen LogP contribution is 2.16. The first-order valence-corrected chi connectivity index (χ1v) is 11.8. The van der Waals surface area contributed by atoms with Crippen molar-refractivity contribution in [1.82, 2.24) is 19.3 Å². The number of carbonyl (C=O) groups excluding carboxylic acids is 1. The Balaban J connectivity index is 1.41. The molecule has 5 rings (SSSR count). The molecule has 0 radical (unpaired) electrons. The number of hydrogen-bond donors (Lipinski definition) is 1. The lowest BCUT2D eigenvalue weighted by atomic mass is 10.1. The average molecular weight is 436 g/mol. The van der Waals surface area contributed by atoms with Crippen molar-refractivity contribution in [3.63, 3.8) is 0 Å². The number of hydrogen-bond acceptors (Lipinski definition) is 5. The van der Waals surface area contributed by atoms with Crippen LogP contribution >= 0.6 is 0 Å². The van der Waals surface area contributed by atoms with Gasteiger partial charge in [-0.3, -0.25) is 14.2 Å². The minimum Gasteiger partial charge on any atom is -0.348 e. The second kappa shape index (κ2) is 7.35. The summed E-state index contributed by atoms with van der Waals surface area (Å²) in [5, 5.41) is 2.78. The molecule has 1 aliphatic heterocycles. The van der Waals surface area contributed by atoms with Crippen molar-refractivity contribution in [1.29, 1.82) is 0 Å².